The minimum Gasteiger partial charge on any atom is -0.466 e. The van der Waals surface area contributed by atoms with Gasteiger partial charge in [0.05, 0.1) is 29.3 Å². The lowest BCUT2D eigenvalue weighted by atomic mass is 10.0. The average Bonchev–Trinajstić information content (AvgIpc) is 2.91. The van der Waals surface area contributed by atoms with Gasteiger partial charge in [-0.3, -0.25) is 9.79 Å². The maximum atomic E-state index is 14.7. The van der Waals surface area contributed by atoms with E-state index in [0.717, 1.165) is 6.07 Å². The van der Waals surface area contributed by atoms with Gasteiger partial charge in [0.1, 0.15) is 10.7 Å². The molecule has 0 saturated heterocycles. The Morgan fingerprint density at radius 3 is 2.52 bits per heavy atom. The van der Waals surface area contributed by atoms with Gasteiger partial charge in [0.2, 0.25) is 9.84 Å². The molecule has 0 N–H and O–H groups in total. The first-order chi connectivity index (χ1) is 12.8. The fraction of sp³-hybridized carbons (Fsp3) is 0.263. The maximum absolute atomic E-state index is 14.7. The number of esters is 1. The number of hydrogen-bond donors (Lipinski definition) is 0. The van der Waals surface area contributed by atoms with Gasteiger partial charge < -0.3 is 4.74 Å². The van der Waals surface area contributed by atoms with Crippen LogP contribution in [0.5, 0.6) is 0 Å². The molecule has 27 heavy (non-hydrogen) atoms. The van der Waals surface area contributed by atoms with Crippen LogP contribution in [0.4, 0.5) is 4.39 Å². The van der Waals surface area contributed by atoms with Crippen LogP contribution in [0.15, 0.2) is 55.7 Å². The number of benzene rings is 2. The highest BCUT2D eigenvalue weighted by atomic mass is 79.9. The predicted molar refractivity (Wildman–Crippen MR) is 101 cm³/mol. The maximum Gasteiger partial charge on any atom is 0.310 e. The third-order valence-corrected chi connectivity index (χ3v) is 6.64. The Morgan fingerprint density at radius 2 is 1.89 bits per heavy atom. The van der Waals surface area contributed by atoms with Gasteiger partial charge in [0.15, 0.2) is 0 Å². The lowest BCUT2D eigenvalue weighted by molar-refractivity contribution is -0.141. The molecule has 1 aliphatic rings. The molecule has 142 valence electrons. The summed E-state index contributed by atoms with van der Waals surface area (Å²) in [4.78, 5) is 15.9. The molecule has 0 aromatic heterocycles. The summed E-state index contributed by atoms with van der Waals surface area (Å²) in [6.07, 6.45) is -0.141. The van der Waals surface area contributed by atoms with E-state index in [4.69, 9.17) is 4.74 Å². The second-order valence-electron chi connectivity index (χ2n) is 6.04. The van der Waals surface area contributed by atoms with E-state index in [-0.39, 0.29) is 23.1 Å². The highest BCUT2D eigenvalue weighted by Crippen LogP contribution is 2.24. The Labute approximate surface area is 164 Å². The molecular formula is C19H17BrFNO4S. The van der Waals surface area contributed by atoms with Crippen LogP contribution in [0.3, 0.4) is 0 Å². The molecule has 1 heterocycles. The topological polar surface area (TPSA) is 72.8 Å². The Morgan fingerprint density at radius 1 is 1.22 bits per heavy atom. The van der Waals surface area contributed by atoms with Crippen LogP contribution >= 0.6 is 15.9 Å². The van der Waals surface area contributed by atoms with E-state index in [2.05, 4.69) is 20.9 Å². The van der Waals surface area contributed by atoms with E-state index in [1.165, 1.54) is 18.2 Å². The number of rotatable bonds is 5. The monoisotopic (exact) mass is 453 g/mol. The molecule has 1 atom stereocenters. The molecule has 2 aromatic rings. The standard InChI is InChI=1S/C19H17BrFNO4S/c1-3-26-17(23)10-14-11(2)22-16-9-8-15(21)19(18(14)16)27(24,25)13-6-4-12(20)5-7-13/h4-9,11H,3,10H2,1-2H3. The summed E-state index contributed by atoms with van der Waals surface area (Å²) in [5, 5.41) is 0.525. The van der Waals surface area contributed by atoms with E-state index in [1.807, 2.05) is 0 Å². The predicted octanol–water partition coefficient (Wildman–Crippen LogP) is 2.55. The van der Waals surface area contributed by atoms with Crippen LogP contribution in [0.25, 0.3) is 5.57 Å². The van der Waals surface area contributed by atoms with Crippen molar-refractivity contribution in [2.24, 2.45) is 4.99 Å². The molecule has 0 bridgehead atoms. The van der Waals surface area contributed by atoms with Crippen LogP contribution in [-0.2, 0) is 19.4 Å². The Hall–Kier alpha value is -2.06. The van der Waals surface area contributed by atoms with Crippen molar-refractivity contribution in [3.63, 3.8) is 0 Å². The summed E-state index contributed by atoms with van der Waals surface area (Å²) in [5.41, 5.74) is 0.443. The lowest BCUT2D eigenvalue weighted by Crippen LogP contribution is -2.32. The quantitative estimate of drug-likeness (QED) is 0.652. The normalized spacial score (nSPS) is 16.0. The first-order valence-electron chi connectivity index (χ1n) is 8.31. The third kappa shape index (κ3) is 3.68. The molecule has 0 radical (unpaired) electrons. The molecule has 5 nitrogen and oxygen atoms in total. The number of ether oxygens (including phenoxy) is 1. The van der Waals surface area contributed by atoms with Gasteiger partial charge in [-0.1, -0.05) is 15.9 Å². The van der Waals surface area contributed by atoms with Crippen molar-refractivity contribution < 1.29 is 22.3 Å². The summed E-state index contributed by atoms with van der Waals surface area (Å²) >= 11 is 3.25. The lowest BCUT2D eigenvalue weighted by Gasteiger charge is -2.10. The Balaban J connectivity index is 2.29. The Bertz CT molecular complexity index is 1130. The molecule has 1 aliphatic heterocycles. The van der Waals surface area contributed by atoms with E-state index < -0.39 is 32.6 Å². The van der Waals surface area contributed by atoms with Crippen LogP contribution in [0, 0.1) is 5.82 Å². The molecule has 0 aliphatic carbocycles. The molecule has 3 rings (SSSR count). The van der Waals surface area contributed by atoms with Crippen molar-refractivity contribution in [2.75, 3.05) is 6.61 Å². The third-order valence-electron chi connectivity index (χ3n) is 4.28. The molecule has 2 aromatic carbocycles. The summed E-state index contributed by atoms with van der Waals surface area (Å²) in [7, 11) is -4.14. The first-order valence-corrected chi connectivity index (χ1v) is 10.6. The largest absolute Gasteiger partial charge is 0.466 e. The van der Waals surface area contributed by atoms with Crippen LogP contribution in [-0.4, -0.2) is 27.0 Å². The minimum atomic E-state index is -4.14. The molecule has 8 heteroatoms. The molecule has 1 unspecified atom stereocenters. The van der Waals surface area contributed by atoms with Crippen molar-refractivity contribution in [1.29, 1.82) is 0 Å². The number of nitrogens with zero attached hydrogens (tertiary/aromatic N) is 1. The number of carbonyl (C=O) groups is 1. The molecular weight excluding hydrogens is 437 g/mol. The fourth-order valence-corrected chi connectivity index (χ4v) is 4.88. The van der Waals surface area contributed by atoms with Gasteiger partial charge in [-0.05, 0) is 55.8 Å². The smallest absolute Gasteiger partial charge is 0.310 e. The molecule has 0 amide bonds. The van der Waals surface area contributed by atoms with Crippen molar-refractivity contribution >= 4 is 37.3 Å². The van der Waals surface area contributed by atoms with Gasteiger partial charge in [-0.15, -0.1) is 0 Å². The van der Waals surface area contributed by atoms with E-state index in [9.17, 15) is 17.6 Å². The number of sulfone groups is 1. The Kier molecular flexibility index (Phi) is 5.48. The number of halogens is 2. The molecule has 0 spiro atoms. The van der Waals surface area contributed by atoms with Gasteiger partial charge in [-0.25, -0.2) is 12.8 Å². The summed E-state index contributed by atoms with van der Waals surface area (Å²) < 4.78 is 46.7. The van der Waals surface area contributed by atoms with Crippen molar-refractivity contribution in [3.05, 3.63) is 57.3 Å². The van der Waals surface area contributed by atoms with Crippen LogP contribution in [0.1, 0.15) is 20.3 Å². The summed E-state index contributed by atoms with van der Waals surface area (Å²) in [5.74, 6) is -1.37. The highest BCUT2D eigenvalue weighted by molar-refractivity contribution is 9.10. The molecule has 0 fully saturated rings. The van der Waals surface area contributed by atoms with Gasteiger partial charge >= 0.3 is 5.97 Å². The van der Waals surface area contributed by atoms with Crippen molar-refractivity contribution in [3.8, 4) is 0 Å². The van der Waals surface area contributed by atoms with Gasteiger partial charge in [-0.2, -0.15) is 0 Å². The van der Waals surface area contributed by atoms with Crippen LogP contribution < -0.4 is 10.6 Å². The van der Waals surface area contributed by atoms with Gasteiger partial charge in [0.25, 0.3) is 0 Å². The zero-order valence-electron chi connectivity index (χ0n) is 14.7. The summed E-state index contributed by atoms with van der Waals surface area (Å²) in [6.45, 7) is 3.63. The summed E-state index contributed by atoms with van der Waals surface area (Å²) in [6, 6.07) is 8.03. The van der Waals surface area contributed by atoms with Crippen molar-refractivity contribution in [2.45, 2.75) is 36.1 Å². The van der Waals surface area contributed by atoms with E-state index in [0.29, 0.717) is 15.4 Å². The zero-order chi connectivity index (χ0) is 19.8. The second-order valence-corrected chi connectivity index (χ2v) is 8.84. The first kappa shape index (κ1) is 19.7. The minimum absolute atomic E-state index is 0.0342. The number of hydrogen-bond acceptors (Lipinski definition) is 5. The zero-order valence-corrected chi connectivity index (χ0v) is 17.1. The fourth-order valence-electron chi connectivity index (χ4n) is 3.06. The van der Waals surface area contributed by atoms with Crippen molar-refractivity contribution in [1.82, 2.24) is 0 Å². The second kappa shape index (κ2) is 7.52. The van der Waals surface area contributed by atoms with Crippen LogP contribution in [0.2, 0.25) is 0 Å². The molecule has 0 saturated carbocycles. The van der Waals surface area contributed by atoms with E-state index >= 15 is 0 Å². The average molecular weight is 454 g/mol. The highest BCUT2D eigenvalue weighted by Gasteiger charge is 2.29. The van der Waals surface area contributed by atoms with Gasteiger partial charge in [0, 0.05) is 9.69 Å². The number of carbonyl (C=O) groups excluding carboxylic acids is 1. The number of fused-ring (bicyclic) bond motifs is 1. The SMILES string of the molecule is CCOC(=O)CC1=c2c(S(=O)(=O)c3ccc(Br)cc3)c(F)ccc2=NC1C. The van der Waals surface area contributed by atoms with E-state index in [1.54, 1.807) is 26.0 Å².